The Hall–Kier alpha value is -3.06. The number of anilines is 1. The molecule has 0 radical (unpaired) electrons. The lowest BCUT2D eigenvalue weighted by Gasteiger charge is -2.12. The molecule has 0 aliphatic carbocycles. The van der Waals surface area contributed by atoms with Crippen LogP contribution in [0.4, 0.5) is 5.69 Å². The first-order chi connectivity index (χ1) is 12.8. The number of nitrogens with one attached hydrogen (secondary N) is 1. The molecular formula is C19H18N4O3. The minimum absolute atomic E-state index is 0.0158. The number of pyridine rings is 1. The first-order valence-electron chi connectivity index (χ1n) is 8.49. The van der Waals surface area contributed by atoms with Crippen molar-refractivity contribution >= 4 is 11.6 Å². The fraction of sp³-hybridized carbons (Fsp3) is 0.263. The third-order valence-corrected chi connectivity index (χ3v) is 4.32. The number of carbonyl (C=O) groups excluding carboxylic acids is 1. The van der Waals surface area contributed by atoms with Gasteiger partial charge in [0.05, 0.1) is 18.9 Å². The second-order valence-corrected chi connectivity index (χ2v) is 6.13. The van der Waals surface area contributed by atoms with Gasteiger partial charge in [0.25, 0.3) is 0 Å². The number of nitrogens with zero attached hydrogens (tertiary/aromatic N) is 3. The molecule has 1 saturated heterocycles. The van der Waals surface area contributed by atoms with Gasteiger partial charge in [0.1, 0.15) is 0 Å². The molecule has 3 heterocycles. The van der Waals surface area contributed by atoms with Gasteiger partial charge in [-0.25, -0.2) is 0 Å². The van der Waals surface area contributed by atoms with Crippen molar-refractivity contribution in [3.63, 3.8) is 0 Å². The SMILES string of the molecule is O=C(Nc1ccccc1Cc1nc(-c2ccncc2)no1)C1CCOC1. The molecule has 1 aromatic carbocycles. The maximum absolute atomic E-state index is 12.4. The van der Waals surface area contributed by atoms with Crippen LogP contribution >= 0.6 is 0 Å². The molecule has 0 bridgehead atoms. The van der Waals surface area contributed by atoms with E-state index in [1.165, 1.54) is 0 Å². The van der Waals surface area contributed by atoms with E-state index in [4.69, 9.17) is 9.26 Å². The summed E-state index contributed by atoms with van der Waals surface area (Å²) in [5.41, 5.74) is 2.52. The molecule has 2 aromatic heterocycles. The van der Waals surface area contributed by atoms with Gasteiger partial charge in [-0.15, -0.1) is 0 Å². The van der Waals surface area contributed by atoms with Crippen molar-refractivity contribution in [3.05, 3.63) is 60.2 Å². The number of hydrogen-bond acceptors (Lipinski definition) is 6. The van der Waals surface area contributed by atoms with Crippen LogP contribution < -0.4 is 5.32 Å². The Bertz CT molecular complexity index is 889. The number of hydrogen-bond donors (Lipinski definition) is 1. The smallest absolute Gasteiger partial charge is 0.231 e. The van der Waals surface area contributed by atoms with Gasteiger partial charge in [-0.2, -0.15) is 4.98 Å². The van der Waals surface area contributed by atoms with Crippen molar-refractivity contribution in [1.29, 1.82) is 0 Å². The molecule has 132 valence electrons. The number of rotatable bonds is 5. The van der Waals surface area contributed by atoms with Gasteiger partial charge in [-0.1, -0.05) is 23.4 Å². The fourth-order valence-corrected chi connectivity index (χ4v) is 2.88. The number of para-hydroxylation sites is 1. The summed E-state index contributed by atoms with van der Waals surface area (Å²) in [4.78, 5) is 20.8. The van der Waals surface area contributed by atoms with Crippen molar-refractivity contribution in [3.8, 4) is 11.4 Å². The Kier molecular flexibility index (Phi) is 4.70. The fourth-order valence-electron chi connectivity index (χ4n) is 2.88. The van der Waals surface area contributed by atoms with E-state index >= 15 is 0 Å². The zero-order valence-corrected chi connectivity index (χ0v) is 14.1. The summed E-state index contributed by atoms with van der Waals surface area (Å²) in [5, 5.41) is 7.01. The van der Waals surface area contributed by atoms with Gasteiger partial charge in [0.2, 0.25) is 17.6 Å². The van der Waals surface area contributed by atoms with Crippen molar-refractivity contribution in [2.24, 2.45) is 5.92 Å². The van der Waals surface area contributed by atoms with Crippen LogP contribution in [0.25, 0.3) is 11.4 Å². The summed E-state index contributed by atoms with van der Waals surface area (Å²) in [6.45, 7) is 1.12. The van der Waals surface area contributed by atoms with Gasteiger partial charge in [0, 0.05) is 30.3 Å². The molecule has 4 rings (SSSR count). The number of benzene rings is 1. The predicted octanol–water partition coefficient (Wildman–Crippen LogP) is 2.70. The number of ether oxygens (including phenoxy) is 1. The van der Waals surface area contributed by atoms with Crippen LogP contribution in [-0.4, -0.2) is 34.2 Å². The molecule has 7 heteroatoms. The van der Waals surface area contributed by atoms with Crippen LogP contribution in [-0.2, 0) is 16.0 Å². The zero-order chi connectivity index (χ0) is 17.8. The monoisotopic (exact) mass is 350 g/mol. The average molecular weight is 350 g/mol. The Morgan fingerprint density at radius 1 is 1.19 bits per heavy atom. The van der Waals surface area contributed by atoms with Gasteiger partial charge in [-0.05, 0) is 30.2 Å². The third kappa shape index (κ3) is 3.62. The highest BCUT2D eigenvalue weighted by atomic mass is 16.5. The highest BCUT2D eigenvalue weighted by Crippen LogP contribution is 2.22. The third-order valence-electron chi connectivity index (χ3n) is 4.32. The molecule has 1 aliphatic rings. The van der Waals surface area contributed by atoms with Gasteiger partial charge in [-0.3, -0.25) is 9.78 Å². The van der Waals surface area contributed by atoms with E-state index in [9.17, 15) is 4.79 Å². The highest BCUT2D eigenvalue weighted by molar-refractivity contribution is 5.93. The molecule has 1 amide bonds. The molecule has 1 fully saturated rings. The molecule has 1 aliphatic heterocycles. The Balaban J connectivity index is 1.50. The van der Waals surface area contributed by atoms with E-state index in [0.717, 1.165) is 23.2 Å². The summed E-state index contributed by atoms with van der Waals surface area (Å²) >= 11 is 0. The van der Waals surface area contributed by atoms with Crippen LogP contribution in [0.5, 0.6) is 0 Å². The number of carbonyl (C=O) groups is 1. The van der Waals surface area contributed by atoms with Gasteiger partial charge in [0.15, 0.2) is 0 Å². The van der Waals surface area contributed by atoms with Crippen LogP contribution in [0.3, 0.4) is 0 Å². The minimum atomic E-state index is -0.0928. The van der Waals surface area contributed by atoms with Crippen molar-refractivity contribution in [2.75, 3.05) is 18.5 Å². The maximum atomic E-state index is 12.4. The summed E-state index contributed by atoms with van der Waals surface area (Å²) in [6, 6.07) is 11.3. The maximum Gasteiger partial charge on any atom is 0.231 e. The summed E-state index contributed by atoms with van der Waals surface area (Å²) in [7, 11) is 0. The zero-order valence-electron chi connectivity index (χ0n) is 14.1. The Morgan fingerprint density at radius 2 is 2.04 bits per heavy atom. The van der Waals surface area contributed by atoms with Gasteiger partial charge >= 0.3 is 0 Å². The lowest BCUT2D eigenvalue weighted by molar-refractivity contribution is -0.119. The normalized spacial score (nSPS) is 16.5. The predicted molar refractivity (Wildman–Crippen MR) is 94.3 cm³/mol. The second kappa shape index (κ2) is 7.45. The van der Waals surface area contributed by atoms with E-state index in [-0.39, 0.29) is 11.8 Å². The molecule has 1 atom stereocenters. The Morgan fingerprint density at radius 3 is 2.85 bits per heavy atom. The van der Waals surface area contributed by atoms with E-state index in [1.54, 1.807) is 12.4 Å². The van der Waals surface area contributed by atoms with E-state index in [2.05, 4.69) is 20.4 Å². The van der Waals surface area contributed by atoms with Crippen molar-refractivity contribution in [2.45, 2.75) is 12.8 Å². The second-order valence-electron chi connectivity index (χ2n) is 6.13. The lowest BCUT2D eigenvalue weighted by Crippen LogP contribution is -2.23. The van der Waals surface area contributed by atoms with Gasteiger partial charge < -0.3 is 14.6 Å². The van der Waals surface area contributed by atoms with Crippen LogP contribution in [0.15, 0.2) is 53.3 Å². The number of amides is 1. The molecule has 3 aromatic rings. The van der Waals surface area contributed by atoms with Crippen LogP contribution in [0, 0.1) is 5.92 Å². The molecule has 7 nitrogen and oxygen atoms in total. The van der Waals surface area contributed by atoms with Crippen LogP contribution in [0.1, 0.15) is 17.9 Å². The molecule has 1 N–H and O–H groups in total. The summed E-state index contributed by atoms with van der Waals surface area (Å²) < 4.78 is 10.7. The summed E-state index contributed by atoms with van der Waals surface area (Å²) in [6.07, 6.45) is 4.56. The first kappa shape index (κ1) is 16.4. The molecular weight excluding hydrogens is 332 g/mol. The first-order valence-corrected chi connectivity index (χ1v) is 8.49. The van der Waals surface area contributed by atoms with Crippen LogP contribution in [0.2, 0.25) is 0 Å². The van der Waals surface area contributed by atoms with Crippen molar-refractivity contribution < 1.29 is 14.1 Å². The Labute approximate surface area is 150 Å². The minimum Gasteiger partial charge on any atom is -0.381 e. The van der Waals surface area contributed by atoms with Crippen molar-refractivity contribution in [1.82, 2.24) is 15.1 Å². The van der Waals surface area contributed by atoms with E-state index < -0.39 is 0 Å². The largest absolute Gasteiger partial charge is 0.381 e. The lowest BCUT2D eigenvalue weighted by atomic mass is 10.1. The molecule has 26 heavy (non-hydrogen) atoms. The molecule has 1 unspecified atom stereocenters. The highest BCUT2D eigenvalue weighted by Gasteiger charge is 2.24. The number of aromatic nitrogens is 3. The average Bonchev–Trinajstić information content (AvgIpc) is 3.36. The standard InChI is InChI=1S/C19H18N4O3/c24-19(15-7-10-25-12-15)21-16-4-2-1-3-14(16)11-17-22-18(23-26-17)13-5-8-20-9-6-13/h1-6,8-9,15H,7,10-12H2,(H,21,24). The van der Waals surface area contributed by atoms with E-state index in [1.807, 2.05) is 36.4 Å². The topological polar surface area (TPSA) is 90.1 Å². The quantitative estimate of drug-likeness (QED) is 0.761. The van der Waals surface area contributed by atoms with E-state index in [0.29, 0.717) is 31.3 Å². The molecule has 0 spiro atoms. The summed E-state index contributed by atoms with van der Waals surface area (Å²) in [5.74, 6) is 0.900. The molecule has 0 saturated carbocycles.